The van der Waals surface area contributed by atoms with Gasteiger partial charge in [0.1, 0.15) is 5.69 Å². The first-order valence-corrected chi connectivity index (χ1v) is 9.91. The Morgan fingerprint density at radius 2 is 1.79 bits per heavy atom. The van der Waals surface area contributed by atoms with E-state index in [4.69, 9.17) is 9.47 Å². The van der Waals surface area contributed by atoms with Gasteiger partial charge in [-0.15, -0.1) is 0 Å². The molecule has 2 aromatic rings. The zero-order chi connectivity index (χ0) is 19.8. The van der Waals surface area contributed by atoms with Crippen LogP contribution < -0.4 is 20.1 Å². The quantitative estimate of drug-likeness (QED) is 0.702. The molecule has 0 atom stereocenters. The molecule has 0 aliphatic heterocycles. The third-order valence-electron chi connectivity index (χ3n) is 5.12. The summed E-state index contributed by atoms with van der Waals surface area (Å²) in [5.74, 6) is 1.10. The summed E-state index contributed by atoms with van der Waals surface area (Å²) in [6.07, 6.45) is 9.37. The van der Waals surface area contributed by atoms with E-state index >= 15 is 0 Å². The Bertz CT molecular complexity index is 769. The molecule has 0 spiro atoms. The molecule has 6 heteroatoms. The molecule has 1 heterocycles. The average molecular weight is 383 g/mol. The molecule has 1 aliphatic rings. The van der Waals surface area contributed by atoms with E-state index in [-0.39, 0.29) is 5.91 Å². The first-order chi connectivity index (χ1) is 13.7. The molecule has 1 fully saturated rings. The molecule has 2 N–H and O–H groups in total. The van der Waals surface area contributed by atoms with Gasteiger partial charge in [0.25, 0.3) is 5.91 Å². The van der Waals surface area contributed by atoms with Gasteiger partial charge in [0.2, 0.25) is 0 Å². The maximum Gasteiger partial charge on any atom is 0.270 e. The topological polar surface area (TPSA) is 72.5 Å². The number of amides is 1. The standard InChI is InChI=1S/C22H29N3O3/c1-27-20-12-9-16(13-21(20)28-2)14-24-22(26)19-11-10-18(15-23-19)25-17-7-5-3-4-6-8-17/h9-13,15,17,25H,3-8,14H2,1-2H3,(H,24,26). The van der Waals surface area contributed by atoms with E-state index < -0.39 is 0 Å². The normalized spacial score (nSPS) is 14.8. The summed E-state index contributed by atoms with van der Waals surface area (Å²) in [5, 5.41) is 6.44. The maximum atomic E-state index is 12.4. The van der Waals surface area contributed by atoms with Crippen LogP contribution in [0.3, 0.4) is 0 Å². The smallest absolute Gasteiger partial charge is 0.270 e. The molecule has 6 nitrogen and oxygen atoms in total. The SMILES string of the molecule is COc1ccc(CNC(=O)c2ccc(NC3CCCCCC3)cn2)cc1OC. The number of benzene rings is 1. The van der Waals surface area contributed by atoms with E-state index in [0.717, 1.165) is 11.3 Å². The number of hydrogen-bond acceptors (Lipinski definition) is 5. The number of carbonyl (C=O) groups excluding carboxylic acids is 1. The Morgan fingerprint density at radius 1 is 1.04 bits per heavy atom. The molecular formula is C22H29N3O3. The Morgan fingerprint density at radius 3 is 2.43 bits per heavy atom. The highest BCUT2D eigenvalue weighted by Gasteiger charge is 2.13. The van der Waals surface area contributed by atoms with Gasteiger partial charge in [-0.1, -0.05) is 31.7 Å². The summed E-state index contributed by atoms with van der Waals surface area (Å²) < 4.78 is 10.5. The fourth-order valence-electron chi connectivity index (χ4n) is 3.54. The molecule has 0 unspecified atom stereocenters. The minimum Gasteiger partial charge on any atom is -0.493 e. The summed E-state index contributed by atoms with van der Waals surface area (Å²) in [5.41, 5.74) is 2.31. The van der Waals surface area contributed by atoms with E-state index in [1.165, 1.54) is 38.5 Å². The number of carbonyl (C=O) groups is 1. The molecule has 1 aromatic carbocycles. The van der Waals surface area contributed by atoms with Crippen LogP contribution in [0.2, 0.25) is 0 Å². The monoisotopic (exact) mass is 383 g/mol. The second-order valence-corrected chi connectivity index (χ2v) is 7.14. The zero-order valence-electron chi connectivity index (χ0n) is 16.7. The van der Waals surface area contributed by atoms with Gasteiger partial charge in [0.15, 0.2) is 11.5 Å². The average Bonchev–Trinajstić information content (AvgIpc) is 3.01. The number of pyridine rings is 1. The number of anilines is 1. The van der Waals surface area contributed by atoms with Crippen molar-refractivity contribution in [3.05, 3.63) is 47.8 Å². The summed E-state index contributed by atoms with van der Waals surface area (Å²) in [6, 6.07) is 9.79. The van der Waals surface area contributed by atoms with E-state index in [9.17, 15) is 4.79 Å². The van der Waals surface area contributed by atoms with Gasteiger partial charge in [0, 0.05) is 12.6 Å². The van der Waals surface area contributed by atoms with Crippen molar-refractivity contribution in [2.24, 2.45) is 0 Å². The van der Waals surface area contributed by atoms with Crippen LogP contribution in [0.4, 0.5) is 5.69 Å². The first kappa shape index (κ1) is 20.0. The lowest BCUT2D eigenvalue weighted by Gasteiger charge is -2.17. The van der Waals surface area contributed by atoms with Crippen LogP contribution in [0.5, 0.6) is 11.5 Å². The third kappa shape index (κ3) is 5.38. The van der Waals surface area contributed by atoms with Crippen molar-refractivity contribution in [3.8, 4) is 11.5 Å². The van der Waals surface area contributed by atoms with Crippen LogP contribution in [-0.2, 0) is 6.54 Å². The lowest BCUT2D eigenvalue weighted by Crippen LogP contribution is -2.24. The Hall–Kier alpha value is -2.76. The lowest BCUT2D eigenvalue weighted by atomic mass is 10.1. The number of nitrogens with zero attached hydrogens (tertiary/aromatic N) is 1. The largest absolute Gasteiger partial charge is 0.493 e. The molecule has 150 valence electrons. The van der Waals surface area contributed by atoms with Crippen molar-refractivity contribution in [2.45, 2.75) is 51.1 Å². The fraction of sp³-hybridized carbons (Fsp3) is 0.455. The van der Waals surface area contributed by atoms with Gasteiger partial charge in [-0.05, 0) is 42.7 Å². The number of hydrogen-bond donors (Lipinski definition) is 2. The van der Waals surface area contributed by atoms with Crippen molar-refractivity contribution < 1.29 is 14.3 Å². The summed E-state index contributed by atoms with van der Waals surface area (Å²) in [7, 11) is 3.19. The molecule has 28 heavy (non-hydrogen) atoms. The molecule has 1 aliphatic carbocycles. The maximum absolute atomic E-state index is 12.4. The molecular weight excluding hydrogens is 354 g/mol. The predicted octanol–water partition coefficient (Wildman–Crippen LogP) is 4.16. The van der Waals surface area contributed by atoms with Crippen molar-refractivity contribution in [1.29, 1.82) is 0 Å². The highest BCUT2D eigenvalue weighted by Crippen LogP contribution is 2.27. The number of nitrogens with one attached hydrogen (secondary N) is 2. The first-order valence-electron chi connectivity index (χ1n) is 9.91. The van der Waals surface area contributed by atoms with Crippen LogP contribution in [0.25, 0.3) is 0 Å². The lowest BCUT2D eigenvalue weighted by molar-refractivity contribution is 0.0946. The summed E-state index contributed by atoms with van der Waals surface area (Å²) in [6.45, 7) is 0.392. The van der Waals surface area contributed by atoms with Crippen molar-refractivity contribution in [2.75, 3.05) is 19.5 Å². The Balaban J connectivity index is 1.54. The third-order valence-corrected chi connectivity index (χ3v) is 5.12. The number of rotatable bonds is 7. The zero-order valence-corrected chi connectivity index (χ0v) is 16.7. The van der Waals surface area contributed by atoms with Crippen LogP contribution in [0, 0.1) is 0 Å². The molecule has 0 bridgehead atoms. The van der Waals surface area contributed by atoms with Crippen LogP contribution in [0.15, 0.2) is 36.5 Å². The molecule has 1 aromatic heterocycles. The van der Waals surface area contributed by atoms with Crippen LogP contribution in [0.1, 0.15) is 54.6 Å². The van der Waals surface area contributed by atoms with Gasteiger partial charge in [-0.2, -0.15) is 0 Å². The van der Waals surface area contributed by atoms with Crippen molar-refractivity contribution in [3.63, 3.8) is 0 Å². The van der Waals surface area contributed by atoms with Crippen LogP contribution >= 0.6 is 0 Å². The number of aromatic nitrogens is 1. The molecule has 0 saturated heterocycles. The van der Waals surface area contributed by atoms with E-state index in [1.807, 2.05) is 24.3 Å². The molecule has 3 rings (SSSR count). The van der Waals surface area contributed by atoms with Crippen LogP contribution in [-0.4, -0.2) is 31.2 Å². The van der Waals surface area contributed by atoms with E-state index in [0.29, 0.717) is 29.8 Å². The van der Waals surface area contributed by atoms with Gasteiger partial charge < -0.3 is 20.1 Å². The van der Waals surface area contributed by atoms with Gasteiger partial charge in [-0.3, -0.25) is 4.79 Å². The highest BCUT2D eigenvalue weighted by molar-refractivity contribution is 5.92. The van der Waals surface area contributed by atoms with Crippen molar-refractivity contribution in [1.82, 2.24) is 10.3 Å². The number of methoxy groups -OCH3 is 2. The molecule has 0 radical (unpaired) electrons. The second kappa shape index (κ2) is 9.97. The van der Waals surface area contributed by atoms with E-state index in [2.05, 4.69) is 15.6 Å². The second-order valence-electron chi connectivity index (χ2n) is 7.14. The summed E-state index contributed by atoms with van der Waals surface area (Å²) in [4.78, 5) is 16.7. The molecule has 1 saturated carbocycles. The minimum atomic E-state index is -0.198. The number of ether oxygens (including phenoxy) is 2. The predicted molar refractivity (Wildman–Crippen MR) is 110 cm³/mol. The van der Waals surface area contributed by atoms with Gasteiger partial charge in [-0.25, -0.2) is 4.98 Å². The Labute approximate surface area is 166 Å². The fourth-order valence-corrected chi connectivity index (χ4v) is 3.54. The van der Waals surface area contributed by atoms with Gasteiger partial charge >= 0.3 is 0 Å². The van der Waals surface area contributed by atoms with Crippen molar-refractivity contribution >= 4 is 11.6 Å². The summed E-state index contributed by atoms with van der Waals surface area (Å²) >= 11 is 0. The Kier molecular flexibility index (Phi) is 7.12. The highest BCUT2D eigenvalue weighted by atomic mass is 16.5. The van der Waals surface area contributed by atoms with E-state index in [1.54, 1.807) is 26.5 Å². The molecule has 1 amide bonds. The van der Waals surface area contributed by atoms with Gasteiger partial charge in [0.05, 0.1) is 26.1 Å². The minimum absolute atomic E-state index is 0.198.